The standard InChI is InChI=1S/C16H23NO2/c1-11-5-7-12(8-6-11)14(13-9-10-13)17-16(2,3)15(18)19-4/h5-8,13-14,17H,9-10H2,1-4H3. The van der Waals surface area contributed by atoms with Crippen molar-refractivity contribution in [1.29, 1.82) is 0 Å². The maximum atomic E-state index is 11.8. The molecule has 1 aromatic rings. The fourth-order valence-electron chi connectivity index (χ4n) is 2.38. The van der Waals surface area contributed by atoms with Gasteiger partial charge in [-0.05, 0) is 45.1 Å². The molecular weight excluding hydrogens is 238 g/mol. The van der Waals surface area contributed by atoms with Gasteiger partial charge in [0, 0.05) is 6.04 Å². The van der Waals surface area contributed by atoms with Gasteiger partial charge in [-0.2, -0.15) is 0 Å². The topological polar surface area (TPSA) is 38.3 Å². The lowest BCUT2D eigenvalue weighted by molar-refractivity contribution is -0.147. The monoisotopic (exact) mass is 261 g/mol. The first-order valence-corrected chi connectivity index (χ1v) is 6.87. The SMILES string of the molecule is COC(=O)C(C)(C)NC(c1ccc(C)cc1)C1CC1. The maximum absolute atomic E-state index is 11.8. The van der Waals surface area contributed by atoms with E-state index in [0.29, 0.717) is 5.92 Å². The van der Waals surface area contributed by atoms with Crippen molar-refractivity contribution in [2.24, 2.45) is 5.92 Å². The third-order valence-corrected chi connectivity index (χ3v) is 3.74. The van der Waals surface area contributed by atoms with E-state index in [9.17, 15) is 4.79 Å². The molecule has 0 heterocycles. The molecule has 0 spiro atoms. The number of carbonyl (C=O) groups excluding carboxylic acids is 1. The Hall–Kier alpha value is -1.35. The van der Waals surface area contributed by atoms with Crippen LogP contribution in [0.2, 0.25) is 0 Å². The van der Waals surface area contributed by atoms with Crippen LogP contribution in [0.1, 0.15) is 43.9 Å². The summed E-state index contributed by atoms with van der Waals surface area (Å²) in [5.74, 6) is 0.414. The Kier molecular flexibility index (Phi) is 3.95. The molecule has 1 saturated carbocycles. The molecule has 0 amide bonds. The first-order chi connectivity index (χ1) is 8.94. The molecule has 1 N–H and O–H groups in total. The van der Waals surface area contributed by atoms with Crippen LogP contribution in [-0.4, -0.2) is 18.6 Å². The van der Waals surface area contributed by atoms with Crippen molar-refractivity contribution in [3.05, 3.63) is 35.4 Å². The van der Waals surface area contributed by atoms with Crippen LogP contribution in [0.4, 0.5) is 0 Å². The average Bonchev–Trinajstić information content (AvgIpc) is 3.20. The van der Waals surface area contributed by atoms with Crippen LogP contribution in [0, 0.1) is 12.8 Å². The lowest BCUT2D eigenvalue weighted by atomic mass is 9.96. The van der Waals surface area contributed by atoms with E-state index in [1.807, 2.05) is 13.8 Å². The molecular formula is C16H23NO2. The van der Waals surface area contributed by atoms with Gasteiger partial charge < -0.3 is 4.74 Å². The van der Waals surface area contributed by atoms with E-state index in [1.54, 1.807) is 0 Å². The molecule has 19 heavy (non-hydrogen) atoms. The van der Waals surface area contributed by atoms with Crippen molar-refractivity contribution in [3.8, 4) is 0 Å². The molecule has 3 nitrogen and oxygen atoms in total. The van der Waals surface area contributed by atoms with Crippen molar-refractivity contribution in [2.75, 3.05) is 7.11 Å². The molecule has 2 rings (SSSR count). The van der Waals surface area contributed by atoms with Crippen molar-refractivity contribution >= 4 is 5.97 Å². The Morgan fingerprint density at radius 1 is 1.32 bits per heavy atom. The molecule has 0 bridgehead atoms. The first-order valence-electron chi connectivity index (χ1n) is 6.87. The summed E-state index contributed by atoms with van der Waals surface area (Å²) < 4.78 is 4.87. The predicted molar refractivity (Wildman–Crippen MR) is 75.9 cm³/mol. The molecule has 0 radical (unpaired) electrons. The largest absolute Gasteiger partial charge is 0.468 e. The van der Waals surface area contributed by atoms with Gasteiger partial charge in [0.05, 0.1) is 7.11 Å². The molecule has 104 valence electrons. The van der Waals surface area contributed by atoms with Gasteiger partial charge in [0.1, 0.15) is 5.54 Å². The van der Waals surface area contributed by atoms with Gasteiger partial charge in [-0.3, -0.25) is 10.1 Å². The number of ether oxygens (including phenoxy) is 1. The summed E-state index contributed by atoms with van der Waals surface area (Å²) in [6.07, 6.45) is 2.45. The Labute approximate surface area is 115 Å². The van der Waals surface area contributed by atoms with E-state index in [-0.39, 0.29) is 12.0 Å². The fourth-order valence-corrected chi connectivity index (χ4v) is 2.38. The van der Waals surface area contributed by atoms with Crippen LogP contribution < -0.4 is 5.32 Å². The number of aryl methyl sites for hydroxylation is 1. The van der Waals surface area contributed by atoms with Gasteiger partial charge in [-0.25, -0.2) is 0 Å². The number of rotatable bonds is 5. The van der Waals surface area contributed by atoms with Gasteiger partial charge in [-0.1, -0.05) is 29.8 Å². The maximum Gasteiger partial charge on any atom is 0.325 e. The summed E-state index contributed by atoms with van der Waals surface area (Å²) >= 11 is 0. The van der Waals surface area contributed by atoms with E-state index in [0.717, 1.165) is 0 Å². The third-order valence-electron chi connectivity index (χ3n) is 3.74. The van der Waals surface area contributed by atoms with Gasteiger partial charge in [-0.15, -0.1) is 0 Å². The third kappa shape index (κ3) is 3.35. The van der Waals surface area contributed by atoms with Crippen molar-refractivity contribution in [3.63, 3.8) is 0 Å². The van der Waals surface area contributed by atoms with Crippen LogP contribution >= 0.6 is 0 Å². The highest BCUT2D eigenvalue weighted by Gasteiger charge is 2.38. The van der Waals surface area contributed by atoms with Crippen molar-refractivity contribution < 1.29 is 9.53 Å². The molecule has 0 aliphatic heterocycles. The van der Waals surface area contributed by atoms with Gasteiger partial charge >= 0.3 is 5.97 Å². The summed E-state index contributed by atoms with van der Waals surface area (Å²) in [6, 6.07) is 8.78. The molecule has 1 unspecified atom stereocenters. The molecule has 1 aliphatic rings. The van der Waals surface area contributed by atoms with Gasteiger partial charge in [0.15, 0.2) is 0 Å². The second-order valence-electron chi connectivity index (χ2n) is 5.99. The zero-order valence-corrected chi connectivity index (χ0v) is 12.2. The Bertz CT molecular complexity index is 446. The number of benzene rings is 1. The number of carbonyl (C=O) groups is 1. The van der Waals surface area contributed by atoms with Gasteiger partial charge in [0.2, 0.25) is 0 Å². The average molecular weight is 261 g/mol. The van der Waals surface area contributed by atoms with Crippen LogP contribution in [0.25, 0.3) is 0 Å². The first kappa shape index (κ1) is 14.1. The minimum Gasteiger partial charge on any atom is -0.468 e. The predicted octanol–water partition coefficient (Wildman–Crippen LogP) is 2.99. The van der Waals surface area contributed by atoms with Crippen molar-refractivity contribution in [2.45, 2.75) is 45.2 Å². The lowest BCUT2D eigenvalue weighted by Gasteiger charge is -2.30. The molecule has 0 aromatic heterocycles. The van der Waals surface area contributed by atoms with Crippen LogP contribution in [0.15, 0.2) is 24.3 Å². The summed E-state index contributed by atoms with van der Waals surface area (Å²) in [5.41, 5.74) is 1.85. The zero-order chi connectivity index (χ0) is 14.0. The normalized spacial score (nSPS) is 17.1. The Morgan fingerprint density at radius 3 is 2.37 bits per heavy atom. The van der Waals surface area contributed by atoms with E-state index in [2.05, 4.69) is 36.5 Å². The number of methoxy groups -OCH3 is 1. The Morgan fingerprint density at radius 2 is 1.89 bits per heavy atom. The quantitative estimate of drug-likeness (QED) is 0.828. The lowest BCUT2D eigenvalue weighted by Crippen LogP contribution is -2.49. The summed E-state index contributed by atoms with van der Waals surface area (Å²) in [7, 11) is 1.43. The molecule has 0 saturated heterocycles. The molecule has 3 heteroatoms. The van der Waals surface area contributed by atoms with E-state index in [1.165, 1.54) is 31.1 Å². The van der Waals surface area contributed by atoms with Crippen LogP contribution in [0.3, 0.4) is 0 Å². The van der Waals surface area contributed by atoms with Gasteiger partial charge in [0.25, 0.3) is 0 Å². The second kappa shape index (κ2) is 5.33. The number of esters is 1. The minimum absolute atomic E-state index is 0.217. The smallest absolute Gasteiger partial charge is 0.325 e. The van der Waals surface area contributed by atoms with E-state index < -0.39 is 5.54 Å². The fraction of sp³-hybridized carbons (Fsp3) is 0.562. The zero-order valence-electron chi connectivity index (χ0n) is 12.2. The van der Waals surface area contributed by atoms with Crippen molar-refractivity contribution in [1.82, 2.24) is 5.32 Å². The van der Waals surface area contributed by atoms with E-state index >= 15 is 0 Å². The van der Waals surface area contributed by atoms with Crippen LogP contribution in [-0.2, 0) is 9.53 Å². The molecule has 1 atom stereocenters. The summed E-state index contributed by atoms with van der Waals surface area (Å²) in [5, 5.41) is 3.47. The minimum atomic E-state index is -0.660. The number of hydrogen-bond acceptors (Lipinski definition) is 3. The van der Waals surface area contributed by atoms with E-state index in [4.69, 9.17) is 4.74 Å². The summed E-state index contributed by atoms with van der Waals surface area (Å²) in [4.78, 5) is 11.8. The molecule has 1 aliphatic carbocycles. The second-order valence-corrected chi connectivity index (χ2v) is 5.99. The number of hydrogen-bond donors (Lipinski definition) is 1. The highest BCUT2D eigenvalue weighted by atomic mass is 16.5. The highest BCUT2D eigenvalue weighted by molar-refractivity contribution is 5.79. The van der Waals surface area contributed by atoms with Crippen LogP contribution in [0.5, 0.6) is 0 Å². The number of nitrogens with one attached hydrogen (secondary N) is 1. The summed E-state index contributed by atoms with van der Waals surface area (Å²) in [6.45, 7) is 5.84. The molecule has 1 fully saturated rings. The molecule has 1 aromatic carbocycles. The Balaban J connectivity index is 2.17. The highest BCUT2D eigenvalue weighted by Crippen LogP contribution is 2.42.